The SMILES string of the molecule is O=CC(c1ccc(C(F)(F)C(F)(F)F)cc1)C(F)(F)F. The van der Waals surface area contributed by atoms with Crippen LogP contribution in [0.2, 0.25) is 0 Å². The van der Waals surface area contributed by atoms with Gasteiger partial charge in [0.2, 0.25) is 0 Å². The van der Waals surface area contributed by atoms with E-state index in [1.165, 1.54) is 0 Å². The third kappa shape index (κ3) is 3.07. The minimum absolute atomic E-state index is 0.213. The second-order valence-electron chi connectivity index (χ2n) is 3.85. The highest BCUT2D eigenvalue weighted by Gasteiger charge is 2.58. The number of alkyl halides is 8. The molecule has 0 bridgehead atoms. The van der Waals surface area contributed by atoms with E-state index in [1.54, 1.807) is 0 Å². The van der Waals surface area contributed by atoms with Gasteiger partial charge in [-0.2, -0.15) is 35.1 Å². The summed E-state index contributed by atoms with van der Waals surface area (Å²) in [6.45, 7) is 0. The number of benzene rings is 1. The van der Waals surface area contributed by atoms with Crippen LogP contribution in [0.1, 0.15) is 17.0 Å². The summed E-state index contributed by atoms with van der Waals surface area (Å²) in [6.07, 6.45) is -11.3. The molecule has 0 saturated heterocycles. The molecule has 0 heterocycles. The highest BCUT2D eigenvalue weighted by molar-refractivity contribution is 5.63. The summed E-state index contributed by atoms with van der Waals surface area (Å²) >= 11 is 0. The summed E-state index contributed by atoms with van der Waals surface area (Å²) in [6, 6.07) is 1.26. The van der Waals surface area contributed by atoms with Gasteiger partial charge in [0.1, 0.15) is 12.2 Å². The van der Waals surface area contributed by atoms with E-state index in [0.717, 1.165) is 0 Å². The van der Waals surface area contributed by atoms with Crippen LogP contribution in [0.25, 0.3) is 0 Å². The zero-order valence-electron chi connectivity index (χ0n) is 9.40. The Morgan fingerprint density at radius 2 is 1.30 bits per heavy atom. The summed E-state index contributed by atoms with van der Waals surface area (Å²) in [5, 5.41) is 0. The molecule has 0 aliphatic carbocycles. The number of carbonyl (C=O) groups is 1. The second kappa shape index (κ2) is 5.02. The monoisotopic (exact) mass is 306 g/mol. The minimum Gasteiger partial charge on any atom is -0.302 e. The van der Waals surface area contributed by atoms with E-state index >= 15 is 0 Å². The lowest BCUT2D eigenvalue weighted by Gasteiger charge is -2.21. The van der Waals surface area contributed by atoms with Crippen molar-refractivity contribution in [3.05, 3.63) is 35.4 Å². The molecule has 0 N–H and O–H groups in total. The third-order valence-corrected chi connectivity index (χ3v) is 2.48. The maximum absolute atomic E-state index is 12.9. The molecule has 1 unspecified atom stereocenters. The molecule has 1 aromatic rings. The minimum atomic E-state index is -5.86. The first-order valence-corrected chi connectivity index (χ1v) is 4.98. The Morgan fingerprint density at radius 1 is 0.850 bits per heavy atom. The Kier molecular flexibility index (Phi) is 4.12. The Hall–Kier alpha value is -1.67. The van der Waals surface area contributed by atoms with Crippen LogP contribution < -0.4 is 0 Å². The van der Waals surface area contributed by atoms with Crippen molar-refractivity contribution in [3.8, 4) is 0 Å². The van der Waals surface area contributed by atoms with E-state index < -0.39 is 41.6 Å². The van der Waals surface area contributed by atoms with Crippen molar-refractivity contribution in [2.24, 2.45) is 0 Å². The van der Waals surface area contributed by atoms with Gasteiger partial charge in [-0.1, -0.05) is 24.3 Å². The molecule has 1 nitrogen and oxygen atoms in total. The largest absolute Gasteiger partial charge is 0.458 e. The van der Waals surface area contributed by atoms with Crippen molar-refractivity contribution >= 4 is 6.29 Å². The summed E-state index contributed by atoms with van der Waals surface area (Å²) < 4.78 is 99.0. The summed E-state index contributed by atoms with van der Waals surface area (Å²) in [4.78, 5) is 10.3. The van der Waals surface area contributed by atoms with Crippen molar-refractivity contribution in [1.29, 1.82) is 0 Å². The molecule has 0 aliphatic rings. The van der Waals surface area contributed by atoms with E-state index in [2.05, 4.69) is 0 Å². The fourth-order valence-corrected chi connectivity index (χ4v) is 1.41. The van der Waals surface area contributed by atoms with Gasteiger partial charge < -0.3 is 4.79 Å². The predicted octanol–water partition coefficient (Wildman–Crippen LogP) is 4.19. The third-order valence-electron chi connectivity index (χ3n) is 2.48. The molecule has 0 saturated carbocycles. The topological polar surface area (TPSA) is 17.1 Å². The molecule has 0 aromatic heterocycles. The first-order valence-electron chi connectivity index (χ1n) is 4.98. The van der Waals surface area contributed by atoms with Gasteiger partial charge in [0.05, 0.1) is 0 Å². The Bertz CT molecular complexity index is 471. The number of hydrogen-bond donors (Lipinski definition) is 0. The van der Waals surface area contributed by atoms with Gasteiger partial charge in [0.15, 0.2) is 0 Å². The predicted molar refractivity (Wildman–Crippen MR) is 51.3 cm³/mol. The lowest BCUT2D eigenvalue weighted by molar-refractivity contribution is -0.289. The van der Waals surface area contributed by atoms with Gasteiger partial charge in [-0.3, -0.25) is 0 Å². The summed E-state index contributed by atoms with van der Waals surface area (Å²) in [5.74, 6) is -7.75. The van der Waals surface area contributed by atoms with E-state index in [9.17, 15) is 39.9 Å². The molecule has 112 valence electrons. The number of rotatable bonds is 3. The van der Waals surface area contributed by atoms with Gasteiger partial charge in [-0.25, -0.2) is 0 Å². The molecule has 0 amide bonds. The molecule has 1 atom stereocenters. The van der Waals surface area contributed by atoms with Crippen molar-refractivity contribution in [2.75, 3.05) is 0 Å². The molecule has 20 heavy (non-hydrogen) atoms. The van der Waals surface area contributed by atoms with E-state index in [4.69, 9.17) is 0 Å². The molecule has 0 spiro atoms. The Labute approximate surface area is 107 Å². The first-order chi connectivity index (χ1) is 8.91. The van der Waals surface area contributed by atoms with Crippen molar-refractivity contribution < 1.29 is 39.9 Å². The van der Waals surface area contributed by atoms with Crippen LogP contribution in [0, 0.1) is 0 Å². The average Bonchev–Trinajstić information content (AvgIpc) is 2.27. The van der Waals surface area contributed by atoms with Crippen LogP contribution in [0.4, 0.5) is 35.1 Å². The first kappa shape index (κ1) is 16.4. The fraction of sp³-hybridized carbons (Fsp3) is 0.364. The van der Waals surface area contributed by atoms with E-state index in [1.807, 2.05) is 0 Å². The number of halogens is 8. The quantitative estimate of drug-likeness (QED) is 0.604. The van der Waals surface area contributed by atoms with Crippen LogP contribution in [0.15, 0.2) is 24.3 Å². The van der Waals surface area contributed by atoms with E-state index in [0.29, 0.717) is 12.1 Å². The molecule has 0 aliphatic heterocycles. The van der Waals surface area contributed by atoms with Crippen molar-refractivity contribution in [2.45, 2.75) is 24.2 Å². The average molecular weight is 306 g/mol. The lowest BCUT2D eigenvalue weighted by atomic mass is 9.97. The molecule has 1 rings (SSSR count). The van der Waals surface area contributed by atoms with Crippen LogP contribution in [0.5, 0.6) is 0 Å². The summed E-state index contributed by atoms with van der Waals surface area (Å²) in [5.41, 5.74) is -2.21. The maximum Gasteiger partial charge on any atom is 0.458 e. The zero-order valence-corrected chi connectivity index (χ0v) is 9.40. The molecular formula is C11H6F8O. The van der Waals surface area contributed by atoms with E-state index in [-0.39, 0.29) is 12.1 Å². The van der Waals surface area contributed by atoms with Crippen LogP contribution in [-0.2, 0) is 10.7 Å². The zero-order chi connectivity index (χ0) is 15.8. The standard InChI is InChI=1S/C11H6F8O/c12-9(13,11(17,18)19)7-3-1-6(2-4-7)8(5-20)10(14,15)16/h1-5,8H. The van der Waals surface area contributed by atoms with Crippen LogP contribution in [0.3, 0.4) is 0 Å². The van der Waals surface area contributed by atoms with Gasteiger partial charge in [-0.15, -0.1) is 0 Å². The molecule has 0 fully saturated rings. The lowest BCUT2D eigenvalue weighted by Crippen LogP contribution is -2.33. The Morgan fingerprint density at radius 3 is 1.60 bits per heavy atom. The van der Waals surface area contributed by atoms with Gasteiger partial charge >= 0.3 is 18.3 Å². The molecule has 1 aromatic carbocycles. The van der Waals surface area contributed by atoms with Crippen molar-refractivity contribution in [1.82, 2.24) is 0 Å². The van der Waals surface area contributed by atoms with Gasteiger partial charge in [0, 0.05) is 5.56 Å². The maximum atomic E-state index is 12.9. The highest BCUT2D eigenvalue weighted by Crippen LogP contribution is 2.44. The van der Waals surface area contributed by atoms with Gasteiger partial charge in [-0.05, 0) is 5.56 Å². The Balaban J connectivity index is 3.15. The molecular weight excluding hydrogens is 300 g/mol. The normalized spacial score (nSPS) is 15.0. The highest BCUT2D eigenvalue weighted by atomic mass is 19.4. The van der Waals surface area contributed by atoms with Gasteiger partial charge in [0.25, 0.3) is 0 Å². The van der Waals surface area contributed by atoms with Crippen molar-refractivity contribution in [3.63, 3.8) is 0 Å². The number of aldehydes is 1. The molecule has 9 heteroatoms. The van der Waals surface area contributed by atoms with Crippen LogP contribution >= 0.6 is 0 Å². The number of carbonyl (C=O) groups excluding carboxylic acids is 1. The second-order valence-corrected chi connectivity index (χ2v) is 3.85. The number of hydrogen-bond acceptors (Lipinski definition) is 1. The smallest absolute Gasteiger partial charge is 0.302 e. The summed E-state index contributed by atoms with van der Waals surface area (Å²) in [7, 11) is 0. The van der Waals surface area contributed by atoms with Crippen LogP contribution in [-0.4, -0.2) is 18.6 Å². The fourth-order valence-electron chi connectivity index (χ4n) is 1.41. The molecule has 0 radical (unpaired) electrons.